The second-order valence-corrected chi connectivity index (χ2v) is 6.15. The maximum absolute atomic E-state index is 13.6. The van der Waals surface area contributed by atoms with Crippen LogP contribution in [0.15, 0.2) is 18.2 Å². The van der Waals surface area contributed by atoms with E-state index < -0.39 is 11.7 Å². The van der Waals surface area contributed by atoms with Crippen LogP contribution in [0.2, 0.25) is 0 Å². The predicted molar refractivity (Wildman–Crippen MR) is 77.5 cm³/mol. The average molecular weight is 280 g/mol. The van der Waals surface area contributed by atoms with Crippen LogP contribution in [0.25, 0.3) is 0 Å². The van der Waals surface area contributed by atoms with Gasteiger partial charge in [-0.15, -0.1) is 0 Å². The summed E-state index contributed by atoms with van der Waals surface area (Å²) in [6.07, 6.45) is 1.85. The van der Waals surface area contributed by atoms with Crippen molar-refractivity contribution in [3.63, 3.8) is 0 Å². The van der Waals surface area contributed by atoms with Gasteiger partial charge in [0.15, 0.2) is 0 Å². The number of halogens is 1. The van der Waals surface area contributed by atoms with E-state index in [1.165, 1.54) is 25.0 Å². The summed E-state index contributed by atoms with van der Waals surface area (Å²) in [5, 5.41) is 5.67. The van der Waals surface area contributed by atoms with Crippen LogP contribution in [0.4, 0.5) is 20.6 Å². The summed E-state index contributed by atoms with van der Waals surface area (Å²) in [6, 6.07) is 4.44. The third kappa shape index (κ3) is 4.72. The van der Waals surface area contributed by atoms with Crippen molar-refractivity contribution in [2.75, 3.05) is 17.2 Å². The molecule has 2 N–H and O–H groups in total. The summed E-state index contributed by atoms with van der Waals surface area (Å²) < 4.78 is 18.8. The first-order valence-corrected chi connectivity index (χ1v) is 6.87. The molecule has 0 aromatic heterocycles. The number of ether oxygens (including phenoxy) is 1. The molecule has 0 spiro atoms. The van der Waals surface area contributed by atoms with Gasteiger partial charge in [-0.25, -0.2) is 9.18 Å². The quantitative estimate of drug-likeness (QED) is 0.876. The Hall–Kier alpha value is -1.78. The largest absolute Gasteiger partial charge is 0.444 e. The van der Waals surface area contributed by atoms with Gasteiger partial charge in [0.2, 0.25) is 0 Å². The number of carbonyl (C=O) groups excluding carboxylic acids is 1. The zero-order valence-electron chi connectivity index (χ0n) is 12.1. The van der Waals surface area contributed by atoms with E-state index in [2.05, 4.69) is 10.6 Å². The van der Waals surface area contributed by atoms with Crippen molar-refractivity contribution >= 4 is 17.5 Å². The van der Waals surface area contributed by atoms with Crippen molar-refractivity contribution in [3.8, 4) is 0 Å². The lowest BCUT2D eigenvalue weighted by Crippen LogP contribution is -2.27. The van der Waals surface area contributed by atoms with Crippen LogP contribution in [0.1, 0.15) is 33.6 Å². The molecule has 1 aromatic carbocycles. The summed E-state index contributed by atoms with van der Waals surface area (Å²) in [5.41, 5.74) is 0.362. The summed E-state index contributed by atoms with van der Waals surface area (Å²) in [7, 11) is 0. The normalized spacial score (nSPS) is 14.8. The number of hydrogen-bond acceptors (Lipinski definition) is 3. The fourth-order valence-electron chi connectivity index (χ4n) is 1.74. The number of carbonyl (C=O) groups is 1. The van der Waals surface area contributed by atoms with Crippen molar-refractivity contribution < 1.29 is 13.9 Å². The maximum atomic E-state index is 13.6. The molecule has 4 nitrogen and oxygen atoms in total. The van der Waals surface area contributed by atoms with Gasteiger partial charge < -0.3 is 10.1 Å². The molecule has 0 atom stereocenters. The third-order valence-corrected chi connectivity index (χ3v) is 2.89. The Bertz CT molecular complexity index is 493. The highest BCUT2D eigenvalue weighted by atomic mass is 19.1. The predicted octanol–water partition coefficient (Wildman–Crippen LogP) is 3.99. The number of hydrogen-bond donors (Lipinski definition) is 2. The lowest BCUT2D eigenvalue weighted by atomic mass is 10.2. The van der Waals surface area contributed by atoms with Gasteiger partial charge in [0.1, 0.15) is 11.4 Å². The van der Waals surface area contributed by atoms with Crippen LogP contribution in [-0.4, -0.2) is 18.2 Å². The van der Waals surface area contributed by atoms with Crippen LogP contribution < -0.4 is 10.6 Å². The van der Waals surface area contributed by atoms with Gasteiger partial charge in [-0.2, -0.15) is 0 Å². The number of rotatable bonds is 4. The van der Waals surface area contributed by atoms with Gasteiger partial charge in [-0.1, -0.05) is 0 Å². The standard InChI is InChI=1S/C15H21FN2O2/c1-15(2,3)20-14(19)18-11-6-7-12(16)13(8-11)17-9-10-4-5-10/h6-8,10,17H,4-5,9H2,1-3H3,(H,18,19). The second kappa shape index (κ2) is 5.69. The Labute approximate surface area is 118 Å². The molecule has 0 unspecified atom stereocenters. The first-order chi connectivity index (χ1) is 9.33. The van der Waals surface area contributed by atoms with E-state index >= 15 is 0 Å². The minimum Gasteiger partial charge on any atom is -0.444 e. The summed E-state index contributed by atoms with van der Waals surface area (Å²) in [6.45, 7) is 6.15. The lowest BCUT2D eigenvalue weighted by molar-refractivity contribution is 0.0636. The first-order valence-electron chi connectivity index (χ1n) is 6.87. The molecule has 1 aromatic rings. The zero-order chi connectivity index (χ0) is 14.8. The highest BCUT2D eigenvalue weighted by molar-refractivity contribution is 5.85. The first kappa shape index (κ1) is 14.6. The fourth-order valence-corrected chi connectivity index (χ4v) is 1.74. The molecule has 1 fully saturated rings. The van der Waals surface area contributed by atoms with Gasteiger partial charge >= 0.3 is 6.09 Å². The average Bonchev–Trinajstić information content (AvgIpc) is 3.11. The number of amides is 1. The van der Waals surface area contributed by atoms with Crippen LogP contribution in [0, 0.1) is 11.7 Å². The Morgan fingerprint density at radius 2 is 2.10 bits per heavy atom. The van der Waals surface area contributed by atoms with Crippen LogP contribution in [-0.2, 0) is 4.74 Å². The molecule has 1 amide bonds. The number of anilines is 2. The topological polar surface area (TPSA) is 50.4 Å². The van der Waals surface area contributed by atoms with Crippen molar-refractivity contribution in [2.24, 2.45) is 5.92 Å². The van der Waals surface area contributed by atoms with Crippen molar-refractivity contribution in [2.45, 2.75) is 39.2 Å². The SMILES string of the molecule is CC(C)(C)OC(=O)Nc1ccc(F)c(NCC2CC2)c1. The molecule has 0 heterocycles. The molecular formula is C15H21FN2O2. The molecule has 0 aliphatic heterocycles. The summed E-state index contributed by atoms with van der Waals surface area (Å²) in [4.78, 5) is 11.7. The maximum Gasteiger partial charge on any atom is 0.412 e. The number of nitrogens with one attached hydrogen (secondary N) is 2. The van der Waals surface area contributed by atoms with Crippen molar-refractivity contribution in [3.05, 3.63) is 24.0 Å². The summed E-state index contributed by atoms with van der Waals surface area (Å²) in [5.74, 6) is 0.331. The Morgan fingerprint density at radius 1 is 1.40 bits per heavy atom. The van der Waals surface area contributed by atoms with Gasteiger partial charge in [0, 0.05) is 12.2 Å². The van der Waals surface area contributed by atoms with E-state index in [0.29, 0.717) is 17.3 Å². The van der Waals surface area contributed by atoms with Gasteiger partial charge in [-0.05, 0) is 57.7 Å². The monoisotopic (exact) mass is 280 g/mol. The molecule has 1 aliphatic carbocycles. The molecule has 0 radical (unpaired) electrons. The molecule has 20 heavy (non-hydrogen) atoms. The molecule has 1 aliphatic rings. The highest BCUT2D eigenvalue weighted by Crippen LogP contribution is 2.30. The Kier molecular flexibility index (Phi) is 4.16. The van der Waals surface area contributed by atoms with Crippen LogP contribution >= 0.6 is 0 Å². The van der Waals surface area contributed by atoms with E-state index in [0.717, 1.165) is 6.54 Å². The minimum absolute atomic E-state index is 0.319. The smallest absolute Gasteiger partial charge is 0.412 e. The zero-order valence-corrected chi connectivity index (χ0v) is 12.1. The fraction of sp³-hybridized carbons (Fsp3) is 0.533. The van der Waals surface area contributed by atoms with E-state index in [1.54, 1.807) is 26.8 Å². The third-order valence-electron chi connectivity index (χ3n) is 2.89. The van der Waals surface area contributed by atoms with Crippen LogP contribution in [0.5, 0.6) is 0 Å². The molecular weight excluding hydrogens is 259 g/mol. The molecule has 2 rings (SSSR count). The van der Waals surface area contributed by atoms with Crippen molar-refractivity contribution in [1.29, 1.82) is 0 Å². The Morgan fingerprint density at radius 3 is 2.70 bits per heavy atom. The Balaban J connectivity index is 1.96. The summed E-state index contributed by atoms with van der Waals surface area (Å²) >= 11 is 0. The molecule has 1 saturated carbocycles. The molecule has 0 saturated heterocycles. The van der Waals surface area contributed by atoms with Crippen LogP contribution in [0.3, 0.4) is 0 Å². The van der Waals surface area contributed by atoms with E-state index in [-0.39, 0.29) is 5.82 Å². The molecule has 0 bridgehead atoms. The van der Waals surface area contributed by atoms with E-state index in [1.807, 2.05) is 0 Å². The lowest BCUT2D eigenvalue weighted by Gasteiger charge is -2.20. The molecule has 110 valence electrons. The van der Waals surface area contributed by atoms with Gasteiger partial charge in [0.25, 0.3) is 0 Å². The number of benzene rings is 1. The second-order valence-electron chi connectivity index (χ2n) is 6.15. The van der Waals surface area contributed by atoms with Gasteiger partial charge in [0.05, 0.1) is 5.69 Å². The van der Waals surface area contributed by atoms with Gasteiger partial charge in [-0.3, -0.25) is 5.32 Å². The van der Waals surface area contributed by atoms with Crippen molar-refractivity contribution in [1.82, 2.24) is 0 Å². The molecule has 5 heteroatoms. The van der Waals surface area contributed by atoms with E-state index in [4.69, 9.17) is 4.74 Å². The highest BCUT2D eigenvalue weighted by Gasteiger charge is 2.21. The van der Waals surface area contributed by atoms with E-state index in [9.17, 15) is 9.18 Å². The minimum atomic E-state index is -0.558.